The summed E-state index contributed by atoms with van der Waals surface area (Å²) in [5.74, 6) is -3.82. The lowest BCUT2D eigenvalue weighted by Crippen LogP contribution is -2.73. The van der Waals surface area contributed by atoms with Crippen LogP contribution in [0, 0.1) is 28.1 Å². The van der Waals surface area contributed by atoms with Crippen molar-refractivity contribution in [1.82, 2.24) is 0 Å². The van der Waals surface area contributed by atoms with Gasteiger partial charge in [-0.3, -0.25) is 14.4 Å². The summed E-state index contributed by atoms with van der Waals surface area (Å²) >= 11 is 0. The van der Waals surface area contributed by atoms with E-state index < -0.39 is 81.9 Å². The molecule has 2 aliphatic carbocycles. The Morgan fingerprint density at radius 2 is 1.89 bits per heavy atom. The van der Waals surface area contributed by atoms with Gasteiger partial charge in [-0.15, -0.1) is 0 Å². The number of esters is 2. The van der Waals surface area contributed by atoms with Gasteiger partial charge in [0.2, 0.25) is 0 Å². The lowest BCUT2D eigenvalue weighted by molar-refractivity contribution is -0.240. The molecule has 3 heterocycles. The summed E-state index contributed by atoms with van der Waals surface area (Å²) in [6.45, 7) is 9.97. The molecule has 208 valence electrons. The van der Waals surface area contributed by atoms with Crippen molar-refractivity contribution in [3.8, 4) is 0 Å². The first-order valence-corrected chi connectivity index (χ1v) is 13.1. The molecule has 1 unspecified atom stereocenters. The number of aliphatic carboxylic acids is 1. The summed E-state index contributed by atoms with van der Waals surface area (Å²) in [5.41, 5.74) is -5.12. The molecular formula is C28H36O10. The van der Waals surface area contributed by atoms with Crippen molar-refractivity contribution in [2.75, 3.05) is 0 Å². The Bertz CT molecular complexity index is 1170. The van der Waals surface area contributed by atoms with Crippen LogP contribution in [0.3, 0.4) is 0 Å². The van der Waals surface area contributed by atoms with Crippen LogP contribution in [0.4, 0.5) is 0 Å². The minimum Gasteiger partial charge on any atom is -0.481 e. The van der Waals surface area contributed by atoms with Crippen LogP contribution in [-0.2, 0) is 33.4 Å². The van der Waals surface area contributed by atoms with E-state index in [1.807, 2.05) is 13.8 Å². The van der Waals surface area contributed by atoms with E-state index in [2.05, 4.69) is 0 Å². The first-order valence-electron chi connectivity index (χ1n) is 13.1. The number of carboxylic acid groups (broad SMARTS) is 1. The van der Waals surface area contributed by atoms with Gasteiger partial charge in [0.1, 0.15) is 23.6 Å². The Morgan fingerprint density at radius 3 is 2.45 bits per heavy atom. The number of carboxylic acids is 1. The topological polar surface area (TPSA) is 153 Å². The highest BCUT2D eigenvalue weighted by Gasteiger charge is 2.88. The molecule has 2 saturated carbocycles. The van der Waals surface area contributed by atoms with E-state index in [9.17, 15) is 29.4 Å². The van der Waals surface area contributed by atoms with Crippen LogP contribution in [0.5, 0.6) is 0 Å². The van der Waals surface area contributed by atoms with Gasteiger partial charge in [-0.25, -0.2) is 4.79 Å². The molecule has 1 aromatic heterocycles. The number of fused-ring (bicyclic) bond motifs is 1. The summed E-state index contributed by atoms with van der Waals surface area (Å²) < 4.78 is 23.1. The summed E-state index contributed by atoms with van der Waals surface area (Å²) in [4.78, 5) is 51.7. The van der Waals surface area contributed by atoms with E-state index in [0.29, 0.717) is 18.4 Å². The van der Waals surface area contributed by atoms with Crippen molar-refractivity contribution >= 4 is 23.7 Å². The predicted octanol–water partition coefficient (Wildman–Crippen LogP) is 3.21. The average molecular weight is 533 g/mol. The fourth-order valence-corrected chi connectivity index (χ4v) is 8.86. The molecule has 10 heteroatoms. The molecule has 2 N–H and O–H groups in total. The Hall–Kier alpha value is -2.72. The number of epoxide rings is 1. The third-order valence-electron chi connectivity index (χ3n) is 10.4. The number of hydrogen-bond acceptors (Lipinski definition) is 9. The van der Waals surface area contributed by atoms with Crippen molar-refractivity contribution in [2.24, 2.45) is 28.1 Å². The van der Waals surface area contributed by atoms with Gasteiger partial charge in [0.15, 0.2) is 6.10 Å². The molecule has 9 atom stereocenters. The van der Waals surface area contributed by atoms with Gasteiger partial charge < -0.3 is 28.8 Å². The molecule has 1 spiro atoms. The van der Waals surface area contributed by atoms with E-state index in [4.69, 9.17) is 18.6 Å². The third kappa shape index (κ3) is 3.25. The summed E-state index contributed by atoms with van der Waals surface area (Å²) in [6, 6.07) is 1.73. The summed E-state index contributed by atoms with van der Waals surface area (Å²) in [6.07, 6.45) is 0.567. The number of hydrogen-bond donors (Lipinski definition) is 2. The number of furan rings is 1. The molecule has 0 amide bonds. The number of carbonyl (C=O) groups excluding carboxylic acids is 3. The largest absolute Gasteiger partial charge is 0.481 e. The number of cyclic esters (lactones) is 1. The quantitative estimate of drug-likeness (QED) is 0.412. The lowest BCUT2D eigenvalue weighted by Gasteiger charge is -2.66. The number of Topliss-reactive ketones (excluding diaryl/α,β-unsaturated/α-hetero) is 1. The molecule has 38 heavy (non-hydrogen) atoms. The Kier molecular flexibility index (Phi) is 5.76. The monoisotopic (exact) mass is 532 g/mol. The molecule has 2 aliphatic heterocycles. The standard InChI is InChI=1S/C28H36O10/c1-14(29)36-19(12-20(31)32)26(5)16-7-9-25(4)21(15-8-10-35-13-15)37-23(33)22-28(25,38-22)27(16,6)18(30)11-17(26)24(2,3)34/h8,10,13,16-17,19,21-22,34H,7,9,11-12H2,1-6H3,(H,31,32)/t16?,17-,19-,21-,22+,25-,26+,27-,28+/m0/s1. The van der Waals surface area contributed by atoms with E-state index >= 15 is 0 Å². The van der Waals surface area contributed by atoms with E-state index in [-0.39, 0.29) is 12.2 Å². The highest BCUT2D eigenvalue weighted by molar-refractivity contribution is 5.93. The van der Waals surface area contributed by atoms with Crippen molar-refractivity contribution in [3.05, 3.63) is 24.2 Å². The van der Waals surface area contributed by atoms with Crippen LogP contribution in [0.1, 0.15) is 78.9 Å². The van der Waals surface area contributed by atoms with Gasteiger partial charge in [-0.2, -0.15) is 0 Å². The number of carbonyl (C=O) groups is 4. The van der Waals surface area contributed by atoms with Gasteiger partial charge in [-0.05, 0) is 45.6 Å². The maximum atomic E-state index is 14.3. The van der Waals surface area contributed by atoms with Gasteiger partial charge >= 0.3 is 17.9 Å². The van der Waals surface area contributed by atoms with E-state index in [1.165, 1.54) is 19.5 Å². The van der Waals surface area contributed by atoms with Crippen LogP contribution in [0.15, 0.2) is 23.0 Å². The number of rotatable bonds is 6. The number of ketones is 1. The van der Waals surface area contributed by atoms with Gasteiger partial charge in [0.25, 0.3) is 0 Å². The second-order valence-corrected chi connectivity index (χ2v) is 12.7. The molecule has 0 radical (unpaired) electrons. The second-order valence-electron chi connectivity index (χ2n) is 12.7. The van der Waals surface area contributed by atoms with Gasteiger partial charge in [0.05, 0.1) is 30.0 Å². The third-order valence-corrected chi connectivity index (χ3v) is 10.4. The normalized spacial score (nSPS) is 42.7. The molecule has 5 rings (SSSR count). The molecule has 0 bridgehead atoms. The van der Waals surface area contributed by atoms with Crippen LogP contribution < -0.4 is 0 Å². The number of ether oxygens (including phenoxy) is 3. The molecular weight excluding hydrogens is 496 g/mol. The zero-order valence-electron chi connectivity index (χ0n) is 22.6. The average Bonchev–Trinajstić information content (AvgIpc) is 3.37. The maximum Gasteiger partial charge on any atom is 0.339 e. The fourth-order valence-electron chi connectivity index (χ4n) is 8.86. The fraction of sp³-hybridized carbons (Fsp3) is 0.714. The summed E-state index contributed by atoms with van der Waals surface area (Å²) in [5, 5.41) is 21.1. The predicted molar refractivity (Wildman–Crippen MR) is 129 cm³/mol. The SMILES string of the molecule is CC(=O)O[C@@H](CC(=O)O)[C@]1(C)C2CC[C@@]3(C)[C@H](c4ccoc4)OC(=O)[C@H]4O[C@]43[C@]2(C)C(=O)C[C@H]1C(C)(C)O. The van der Waals surface area contributed by atoms with Crippen LogP contribution in [0.25, 0.3) is 0 Å². The smallest absolute Gasteiger partial charge is 0.339 e. The lowest BCUT2D eigenvalue weighted by atomic mass is 9.37. The highest BCUT2D eigenvalue weighted by atomic mass is 16.7. The zero-order chi connectivity index (χ0) is 28.1. The molecule has 1 aromatic rings. The maximum absolute atomic E-state index is 14.3. The second kappa shape index (κ2) is 8.14. The Labute approximate surface area is 221 Å². The van der Waals surface area contributed by atoms with E-state index in [1.54, 1.807) is 26.8 Å². The highest BCUT2D eigenvalue weighted by Crippen LogP contribution is 2.78. The first kappa shape index (κ1) is 26.9. The van der Waals surface area contributed by atoms with Crippen molar-refractivity contribution < 1.29 is 48.0 Å². The van der Waals surface area contributed by atoms with Crippen LogP contribution in [0.2, 0.25) is 0 Å². The minimum atomic E-state index is -1.39. The molecule has 4 aliphatic rings. The van der Waals surface area contributed by atoms with E-state index in [0.717, 1.165) is 0 Å². The molecule has 2 saturated heterocycles. The molecule has 0 aromatic carbocycles. The summed E-state index contributed by atoms with van der Waals surface area (Å²) in [7, 11) is 0. The van der Waals surface area contributed by atoms with Crippen LogP contribution >= 0.6 is 0 Å². The Morgan fingerprint density at radius 1 is 1.21 bits per heavy atom. The molecule has 10 nitrogen and oxygen atoms in total. The van der Waals surface area contributed by atoms with Crippen LogP contribution in [-0.4, -0.2) is 57.3 Å². The molecule has 4 fully saturated rings. The van der Waals surface area contributed by atoms with Gasteiger partial charge in [-0.1, -0.05) is 13.8 Å². The first-order chi connectivity index (χ1) is 17.5. The van der Waals surface area contributed by atoms with Crippen molar-refractivity contribution in [1.29, 1.82) is 0 Å². The minimum absolute atomic E-state index is 0.0935. The Balaban J connectivity index is 1.70. The van der Waals surface area contributed by atoms with Gasteiger partial charge in [0, 0.05) is 35.7 Å². The van der Waals surface area contributed by atoms with Crippen molar-refractivity contribution in [2.45, 2.75) is 96.7 Å². The van der Waals surface area contributed by atoms with Crippen molar-refractivity contribution in [3.63, 3.8) is 0 Å². The number of aliphatic hydroxyl groups is 1. The zero-order valence-corrected chi connectivity index (χ0v) is 22.6.